The van der Waals surface area contributed by atoms with Gasteiger partial charge in [-0.25, -0.2) is 8.42 Å². The molecule has 0 unspecified atom stereocenters. The molecule has 0 radical (unpaired) electrons. The zero-order chi connectivity index (χ0) is 25.0. The van der Waals surface area contributed by atoms with E-state index in [0.717, 1.165) is 32.4 Å². The second kappa shape index (κ2) is 10.8. The minimum Gasteiger partial charge on any atom is -0.495 e. The van der Waals surface area contributed by atoms with E-state index in [-0.39, 0.29) is 9.92 Å². The van der Waals surface area contributed by atoms with E-state index in [0.29, 0.717) is 33.4 Å². The first-order valence-corrected chi connectivity index (χ1v) is 13.3. The molecule has 3 aromatic carbocycles. The van der Waals surface area contributed by atoms with Crippen molar-refractivity contribution >= 4 is 56.2 Å². The fourth-order valence-electron chi connectivity index (χ4n) is 3.97. The van der Waals surface area contributed by atoms with Crippen molar-refractivity contribution in [3.8, 4) is 5.75 Å². The van der Waals surface area contributed by atoms with E-state index >= 15 is 0 Å². The molecule has 1 amide bonds. The van der Waals surface area contributed by atoms with Gasteiger partial charge in [0.1, 0.15) is 10.6 Å². The molecular formula is C25H25Cl2N3O4S. The lowest BCUT2D eigenvalue weighted by atomic mass is 10.1. The van der Waals surface area contributed by atoms with Gasteiger partial charge in [-0.15, -0.1) is 0 Å². The standard InChI is InChI=1S/C25H25Cl2N3O4S/c1-34-23-8-4-3-7-21(23)29-35(32,33)24-16-18(10-12-22(24)30-13-5-2-6-14-30)28-25(31)17-9-11-19(26)20(27)15-17/h3-4,7-12,15-16,29H,2,5-6,13-14H2,1H3,(H,28,31). The van der Waals surface area contributed by atoms with Gasteiger partial charge in [0, 0.05) is 24.3 Å². The number of methoxy groups -OCH3 is 1. The number of hydrogen-bond acceptors (Lipinski definition) is 5. The maximum Gasteiger partial charge on any atom is 0.264 e. The summed E-state index contributed by atoms with van der Waals surface area (Å²) in [4.78, 5) is 14.9. The van der Waals surface area contributed by atoms with Gasteiger partial charge in [-0.1, -0.05) is 35.3 Å². The molecular weight excluding hydrogens is 509 g/mol. The van der Waals surface area contributed by atoms with Crippen LogP contribution in [0, 0.1) is 0 Å². The van der Waals surface area contributed by atoms with Crippen LogP contribution >= 0.6 is 23.2 Å². The fourth-order valence-corrected chi connectivity index (χ4v) is 5.59. The first kappa shape index (κ1) is 25.2. The van der Waals surface area contributed by atoms with Gasteiger partial charge in [0.15, 0.2) is 0 Å². The van der Waals surface area contributed by atoms with Crippen molar-refractivity contribution in [3.05, 3.63) is 76.3 Å². The summed E-state index contributed by atoms with van der Waals surface area (Å²) < 4.78 is 35.1. The van der Waals surface area contributed by atoms with Gasteiger partial charge in [-0.3, -0.25) is 9.52 Å². The van der Waals surface area contributed by atoms with Gasteiger partial charge < -0.3 is 15.0 Å². The molecule has 1 saturated heterocycles. The number of amides is 1. The molecule has 35 heavy (non-hydrogen) atoms. The molecule has 1 heterocycles. The number of ether oxygens (including phenoxy) is 1. The van der Waals surface area contributed by atoms with E-state index in [1.54, 1.807) is 42.5 Å². The summed E-state index contributed by atoms with van der Waals surface area (Å²) in [5, 5.41) is 3.35. The first-order chi connectivity index (χ1) is 16.8. The SMILES string of the molecule is COc1ccccc1NS(=O)(=O)c1cc(NC(=O)c2ccc(Cl)c(Cl)c2)ccc1N1CCCCC1. The lowest BCUT2D eigenvalue weighted by Crippen LogP contribution is -2.31. The van der Waals surface area contributed by atoms with Gasteiger partial charge in [-0.05, 0) is 67.8 Å². The molecule has 0 bridgehead atoms. The third-order valence-electron chi connectivity index (χ3n) is 5.74. The van der Waals surface area contributed by atoms with Crippen LogP contribution in [-0.4, -0.2) is 34.5 Å². The van der Waals surface area contributed by atoms with Crippen LogP contribution in [0.5, 0.6) is 5.75 Å². The average Bonchev–Trinajstić information content (AvgIpc) is 2.86. The van der Waals surface area contributed by atoms with Crippen LogP contribution in [0.25, 0.3) is 0 Å². The van der Waals surface area contributed by atoms with Crippen molar-refractivity contribution in [2.75, 3.05) is 35.1 Å². The Balaban J connectivity index is 1.70. The number of carbonyl (C=O) groups excluding carboxylic acids is 1. The Labute approximate surface area is 215 Å². The molecule has 0 atom stereocenters. The zero-order valence-electron chi connectivity index (χ0n) is 19.1. The summed E-state index contributed by atoms with van der Waals surface area (Å²) in [6, 6.07) is 16.2. The Bertz CT molecular complexity index is 1340. The van der Waals surface area contributed by atoms with E-state index in [1.165, 1.54) is 25.3 Å². The van der Waals surface area contributed by atoms with Crippen molar-refractivity contribution < 1.29 is 17.9 Å². The summed E-state index contributed by atoms with van der Waals surface area (Å²) in [6.07, 6.45) is 3.07. The van der Waals surface area contributed by atoms with Gasteiger partial charge in [0.2, 0.25) is 0 Å². The van der Waals surface area contributed by atoms with Crippen molar-refractivity contribution in [1.29, 1.82) is 0 Å². The molecule has 0 aromatic heterocycles. The number of rotatable bonds is 7. The molecule has 184 valence electrons. The highest BCUT2D eigenvalue weighted by Gasteiger charge is 2.25. The van der Waals surface area contributed by atoms with Crippen LogP contribution in [0.4, 0.5) is 17.1 Å². The van der Waals surface area contributed by atoms with Gasteiger partial charge in [-0.2, -0.15) is 0 Å². The van der Waals surface area contributed by atoms with Crippen LogP contribution < -0.4 is 19.7 Å². The highest BCUT2D eigenvalue weighted by molar-refractivity contribution is 7.93. The quantitative estimate of drug-likeness (QED) is 0.386. The van der Waals surface area contributed by atoms with Crippen molar-refractivity contribution in [1.82, 2.24) is 0 Å². The number of halogens is 2. The van der Waals surface area contributed by atoms with Crippen LogP contribution in [0.2, 0.25) is 10.0 Å². The molecule has 2 N–H and O–H groups in total. The van der Waals surface area contributed by atoms with Gasteiger partial charge in [0.25, 0.3) is 15.9 Å². The average molecular weight is 534 g/mol. The smallest absolute Gasteiger partial charge is 0.264 e. The highest BCUT2D eigenvalue weighted by atomic mass is 35.5. The summed E-state index contributed by atoms with van der Waals surface area (Å²) in [5.41, 5.74) is 1.54. The Morgan fingerprint density at radius 2 is 1.69 bits per heavy atom. The number of anilines is 3. The predicted octanol–water partition coefficient (Wildman–Crippen LogP) is 6.05. The molecule has 1 aliphatic heterocycles. The minimum atomic E-state index is -4.02. The molecule has 0 spiro atoms. The van der Waals surface area contributed by atoms with Crippen LogP contribution in [0.1, 0.15) is 29.6 Å². The van der Waals surface area contributed by atoms with Gasteiger partial charge >= 0.3 is 0 Å². The second-order valence-electron chi connectivity index (χ2n) is 8.12. The fraction of sp³-hybridized carbons (Fsp3) is 0.240. The van der Waals surface area contributed by atoms with Crippen LogP contribution in [0.3, 0.4) is 0 Å². The lowest BCUT2D eigenvalue weighted by Gasteiger charge is -2.30. The van der Waals surface area contributed by atoms with Crippen LogP contribution in [-0.2, 0) is 10.0 Å². The topological polar surface area (TPSA) is 87.7 Å². The molecule has 0 aliphatic carbocycles. The third-order valence-corrected chi connectivity index (χ3v) is 7.87. The van der Waals surface area contributed by atoms with Gasteiger partial charge in [0.05, 0.1) is 28.5 Å². The number of benzene rings is 3. The summed E-state index contributed by atoms with van der Waals surface area (Å²) >= 11 is 12.0. The molecule has 1 fully saturated rings. The van der Waals surface area contributed by atoms with Crippen molar-refractivity contribution in [3.63, 3.8) is 0 Å². The van der Waals surface area contributed by atoms with Crippen molar-refractivity contribution in [2.45, 2.75) is 24.2 Å². The van der Waals surface area contributed by atoms with Crippen LogP contribution in [0.15, 0.2) is 65.6 Å². The molecule has 0 saturated carbocycles. The zero-order valence-corrected chi connectivity index (χ0v) is 21.4. The maximum absolute atomic E-state index is 13.6. The number of para-hydroxylation sites is 2. The number of nitrogens with one attached hydrogen (secondary N) is 2. The molecule has 4 rings (SSSR count). The molecule has 7 nitrogen and oxygen atoms in total. The van der Waals surface area contributed by atoms with E-state index in [4.69, 9.17) is 27.9 Å². The number of piperidine rings is 1. The monoisotopic (exact) mass is 533 g/mol. The first-order valence-electron chi connectivity index (χ1n) is 11.1. The Morgan fingerprint density at radius 3 is 2.40 bits per heavy atom. The predicted molar refractivity (Wildman–Crippen MR) is 141 cm³/mol. The third kappa shape index (κ3) is 5.83. The molecule has 3 aromatic rings. The maximum atomic E-state index is 13.6. The lowest BCUT2D eigenvalue weighted by molar-refractivity contribution is 0.102. The van der Waals surface area contributed by atoms with Crippen molar-refractivity contribution in [2.24, 2.45) is 0 Å². The largest absolute Gasteiger partial charge is 0.495 e. The van der Waals surface area contributed by atoms with E-state index in [9.17, 15) is 13.2 Å². The second-order valence-corrected chi connectivity index (χ2v) is 10.6. The highest BCUT2D eigenvalue weighted by Crippen LogP contribution is 2.34. The Morgan fingerprint density at radius 1 is 0.943 bits per heavy atom. The summed E-state index contributed by atoms with van der Waals surface area (Å²) in [7, 11) is -2.55. The molecule has 10 heteroatoms. The Hall–Kier alpha value is -2.94. The number of nitrogens with zero attached hydrogens (tertiary/aromatic N) is 1. The van der Waals surface area contributed by atoms with E-state index < -0.39 is 15.9 Å². The summed E-state index contributed by atoms with van der Waals surface area (Å²) in [6.45, 7) is 1.51. The number of sulfonamides is 1. The molecule has 1 aliphatic rings. The number of carbonyl (C=O) groups is 1. The normalized spacial score (nSPS) is 13.9. The summed E-state index contributed by atoms with van der Waals surface area (Å²) in [5.74, 6) is -0.0324. The Kier molecular flexibility index (Phi) is 7.74. The van der Waals surface area contributed by atoms with E-state index in [2.05, 4.69) is 14.9 Å². The van der Waals surface area contributed by atoms with E-state index in [1.807, 2.05) is 0 Å². The minimum absolute atomic E-state index is 0.0669. The number of hydrogen-bond donors (Lipinski definition) is 2.